The standard InChI is InChI=1S/C14H16ClN3O2S/c1-2-6-13(11-7-4-3-5-8-11)18-21(19,20)12-9-16-14(15)17-10-12/h3-5,7-10,13,18H,2,6H2,1H3. The number of halogens is 1. The minimum atomic E-state index is -3.68. The maximum Gasteiger partial charge on any atom is 0.244 e. The van der Waals surface area contributed by atoms with Crippen molar-refractivity contribution in [3.05, 3.63) is 53.6 Å². The number of sulfonamides is 1. The van der Waals surface area contributed by atoms with Crippen molar-refractivity contribution in [2.24, 2.45) is 0 Å². The predicted octanol–water partition coefficient (Wildman–Crippen LogP) is 2.95. The van der Waals surface area contributed by atoms with Crippen molar-refractivity contribution in [2.75, 3.05) is 0 Å². The molecule has 5 nitrogen and oxygen atoms in total. The van der Waals surface area contributed by atoms with Gasteiger partial charge >= 0.3 is 0 Å². The molecule has 21 heavy (non-hydrogen) atoms. The highest BCUT2D eigenvalue weighted by molar-refractivity contribution is 7.89. The van der Waals surface area contributed by atoms with Crippen LogP contribution in [0.1, 0.15) is 31.4 Å². The third kappa shape index (κ3) is 4.23. The molecule has 0 radical (unpaired) electrons. The van der Waals surface area contributed by atoms with E-state index in [9.17, 15) is 8.42 Å². The lowest BCUT2D eigenvalue weighted by Gasteiger charge is -2.18. The van der Waals surface area contributed by atoms with Gasteiger partial charge in [-0.1, -0.05) is 43.7 Å². The number of hydrogen-bond acceptors (Lipinski definition) is 4. The third-order valence-corrected chi connectivity index (χ3v) is 4.61. The van der Waals surface area contributed by atoms with Gasteiger partial charge in [0.25, 0.3) is 0 Å². The van der Waals surface area contributed by atoms with Gasteiger partial charge in [-0.05, 0) is 23.6 Å². The minimum absolute atomic E-state index is 0.00364. The number of benzene rings is 1. The van der Waals surface area contributed by atoms with E-state index >= 15 is 0 Å². The fourth-order valence-corrected chi connectivity index (χ4v) is 3.21. The Morgan fingerprint density at radius 3 is 2.38 bits per heavy atom. The van der Waals surface area contributed by atoms with Crippen molar-refractivity contribution in [1.29, 1.82) is 0 Å². The van der Waals surface area contributed by atoms with Gasteiger partial charge in [0, 0.05) is 6.04 Å². The molecule has 0 amide bonds. The molecule has 0 saturated heterocycles. The van der Waals surface area contributed by atoms with Gasteiger partial charge in [0.05, 0.1) is 12.4 Å². The van der Waals surface area contributed by atoms with Gasteiger partial charge in [-0.15, -0.1) is 0 Å². The van der Waals surface area contributed by atoms with Crippen molar-refractivity contribution >= 4 is 21.6 Å². The van der Waals surface area contributed by atoms with E-state index in [0.29, 0.717) is 6.42 Å². The fraction of sp³-hybridized carbons (Fsp3) is 0.286. The Balaban J connectivity index is 2.25. The molecule has 0 saturated carbocycles. The minimum Gasteiger partial charge on any atom is -0.225 e. The van der Waals surface area contributed by atoms with E-state index in [-0.39, 0.29) is 16.2 Å². The highest BCUT2D eigenvalue weighted by atomic mass is 35.5. The summed E-state index contributed by atoms with van der Waals surface area (Å²) >= 11 is 5.58. The first-order valence-electron chi connectivity index (χ1n) is 6.57. The Bertz CT molecular complexity index is 675. The average Bonchev–Trinajstić information content (AvgIpc) is 2.48. The quantitative estimate of drug-likeness (QED) is 0.829. The van der Waals surface area contributed by atoms with Crippen LogP contribution in [0.15, 0.2) is 47.6 Å². The summed E-state index contributed by atoms with van der Waals surface area (Å²) in [5, 5.41) is 0.0158. The molecule has 1 aromatic carbocycles. The molecular weight excluding hydrogens is 310 g/mol. The van der Waals surface area contributed by atoms with Gasteiger partial charge in [0.15, 0.2) is 0 Å². The van der Waals surface area contributed by atoms with Crippen LogP contribution in [-0.2, 0) is 10.0 Å². The molecule has 0 spiro atoms. The zero-order chi connectivity index (χ0) is 15.3. The molecule has 0 aliphatic carbocycles. The van der Waals surface area contributed by atoms with Crippen molar-refractivity contribution in [2.45, 2.75) is 30.7 Å². The summed E-state index contributed by atoms with van der Waals surface area (Å²) in [5.74, 6) is 0. The van der Waals surface area contributed by atoms with Crippen LogP contribution in [0.5, 0.6) is 0 Å². The number of nitrogens with zero attached hydrogens (tertiary/aromatic N) is 2. The molecule has 1 unspecified atom stereocenters. The number of rotatable bonds is 6. The zero-order valence-corrected chi connectivity index (χ0v) is 13.1. The van der Waals surface area contributed by atoms with E-state index in [1.807, 2.05) is 37.3 Å². The van der Waals surface area contributed by atoms with Crippen LogP contribution < -0.4 is 4.72 Å². The summed E-state index contributed by atoms with van der Waals surface area (Å²) in [4.78, 5) is 7.42. The third-order valence-electron chi connectivity index (χ3n) is 2.98. The maximum absolute atomic E-state index is 12.4. The lowest BCUT2D eigenvalue weighted by atomic mass is 10.0. The van der Waals surface area contributed by atoms with Crippen molar-refractivity contribution in [3.63, 3.8) is 0 Å². The Labute approximate surface area is 129 Å². The molecule has 0 bridgehead atoms. The van der Waals surface area contributed by atoms with E-state index in [1.165, 1.54) is 12.4 Å². The Morgan fingerprint density at radius 2 is 1.81 bits per heavy atom. The van der Waals surface area contributed by atoms with E-state index < -0.39 is 10.0 Å². The smallest absolute Gasteiger partial charge is 0.225 e. The van der Waals surface area contributed by atoms with Crippen LogP contribution >= 0.6 is 11.6 Å². The molecule has 1 aromatic heterocycles. The van der Waals surface area contributed by atoms with E-state index in [0.717, 1.165) is 12.0 Å². The summed E-state index contributed by atoms with van der Waals surface area (Å²) in [6.45, 7) is 2.01. The van der Waals surface area contributed by atoms with Crippen molar-refractivity contribution in [3.8, 4) is 0 Å². The summed E-state index contributed by atoms with van der Waals surface area (Å²) in [6, 6.07) is 9.20. The van der Waals surface area contributed by atoms with E-state index in [4.69, 9.17) is 11.6 Å². The van der Waals surface area contributed by atoms with Crippen LogP contribution in [0.25, 0.3) is 0 Å². The molecule has 2 rings (SSSR count). The molecule has 1 heterocycles. The SMILES string of the molecule is CCCC(NS(=O)(=O)c1cnc(Cl)nc1)c1ccccc1. The first-order chi connectivity index (χ1) is 10.0. The molecule has 1 atom stereocenters. The lowest BCUT2D eigenvalue weighted by Crippen LogP contribution is -2.28. The summed E-state index contributed by atoms with van der Waals surface area (Å²) in [7, 11) is -3.68. The Kier molecular flexibility index (Phi) is 5.27. The van der Waals surface area contributed by atoms with Crippen LogP contribution in [0.4, 0.5) is 0 Å². The van der Waals surface area contributed by atoms with E-state index in [2.05, 4.69) is 14.7 Å². The summed E-state index contributed by atoms with van der Waals surface area (Å²) in [6.07, 6.45) is 3.97. The van der Waals surface area contributed by atoms with Gasteiger partial charge in [-0.3, -0.25) is 0 Å². The number of hydrogen-bond donors (Lipinski definition) is 1. The first kappa shape index (κ1) is 15.9. The van der Waals surface area contributed by atoms with Crippen molar-refractivity contribution < 1.29 is 8.42 Å². The Hall–Kier alpha value is -1.50. The Morgan fingerprint density at radius 1 is 1.19 bits per heavy atom. The largest absolute Gasteiger partial charge is 0.244 e. The first-order valence-corrected chi connectivity index (χ1v) is 8.44. The number of nitrogens with one attached hydrogen (secondary N) is 1. The van der Waals surface area contributed by atoms with E-state index in [1.54, 1.807) is 0 Å². The molecule has 0 fully saturated rings. The summed E-state index contributed by atoms with van der Waals surface area (Å²) < 4.78 is 27.4. The monoisotopic (exact) mass is 325 g/mol. The zero-order valence-electron chi connectivity index (χ0n) is 11.5. The highest BCUT2D eigenvalue weighted by Crippen LogP contribution is 2.21. The van der Waals surface area contributed by atoms with Crippen LogP contribution in [0.3, 0.4) is 0 Å². The molecule has 112 valence electrons. The molecule has 0 aliphatic heterocycles. The van der Waals surface area contributed by atoms with Gasteiger partial charge in [-0.2, -0.15) is 0 Å². The predicted molar refractivity (Wildman–Crippen MR) is 81.5 cm³/mol. The highest BCUT2D eigenvalue weighted by Gasteiger charge is 2.21. The van der Waals surface area contributed by atoms with Crippen molar-refractivity contribution in [1.82, 2.24) is 14.7 Å². The molecule has 2 aromatic rings. The second kappa shape index (κ2) is 6.98. The fourth-order valence-electron chi connectivity index (χ4n) is 1.96. The van der Waals surface area contributed by atoms with Crippen LogP contribution in [0, 0.1) is 0 Å². The average molecular weight is 326 g/mol. The van der Waals surface area contributed by atoms with Gasteiger partial charge < -0.3 is 0 Å². The van der Waals surface area contributed by atoms with Crippen LogP contribution in [0.2, 0.25) is 5.28 Å². The van der Waals surface area contributed by atoms with Gasteiger partial charge in [0.1, 0.15) is 4.90 Å². The second-order valence-corrected chi connectivity index (χ2v) is 6.61. The normalized spacial score (nSPS) is 13.0. The lowest BCUT2D eigenvalue weighted by molar-refractivity contribution is 0.535. The molecule has 7 heteroatoms. The van der Waals surface area contributed by atoms with Gasteiger partial charge in [-0.25, -0.2) is 23.1 Å². The topological polar surface area (TPSA) is 72.0 Å². The summed E-state index contributed by atoms with van der Waals surface area (Å²) in [5.41, 5.74) is 0.929. The molecular formula is C14H16ClN3O2S. The molecule has 0 aliphatic rings. The molecule has 1 N–H and O–H groups in total. The number of aromatic nitrogens is 2. The second-order valence-electron chi connectivity index (χ2n) is 4.56. The van der Waals surface area contributed by atoms with Crippen LogP contribution in [-0.4, -0.2) is 18.4 Å². The maximum atomic E-state index is 12.4. The van der Waals surface area contributed by atoms with Gasteiger partial charge in [0.2, 0.25) is 15.3 Å².